The summed E-state index contributed by atoms with van der Waals surface area (Å²) in [6.07, 6.45) is 13.0. The molecule has 13 nitrogen and oxygen atoms in total. The first-order chi connectivity index (χ1) is 23.9. The van der Waals surface area contributed by atoms with Crippen LogP contribution in [0.3, 0.4) is 0 Å². The molecule has 274 valence electrons. The number of azide groups is 1. The van der Waals surface area contributed by atoms with Crippen molar-refractivity contribution < 1.29 is 35.3 Å². The van der Waals surface area contributed by atoms with E-state index in [4.69, 9.17) is 5.53 Å². The van der Waals surface area contributed by atoms with E-state index in [1.165, 1.54) is 24.3 Å². The Bertz CT molecular complexity index is 2060. The van der Waals surface area contributed by atoms with Crippen molar-refractivity contribution in [2.45, 2.75) is 87.3 Å². The number of nitrogens with one attached hydrogen (secondary N) is 1. The molecule has 51 heavy (non-hydrogen) atoms. The minimum atomic E-state index is -4.40. The first kappa shape index (κ1) is 39.5. The second-order valence-electron chi connectivity index (χ2n) is 13.6. The Kier molecular flexibility index (Phi) is 12.4. The quantitative estimate of drug-likeness (QED) is 0.0320. The highest BCUT2D eigenvalue weighted by Gasteiger charge is 2.45. The van der Waals surface area contributed by atoms with Crippen LogP contribution in [0.25, 0.3) is 10.4 Å². The van der Waals surface area contributed by atoms with Crippen LogP contribution in [0.15, 0.2) is 87.4 Å². The fourth-order valence-electron chi connectivity index (χ4n) is 6.81. The molecule has 2 aromatic carbocycles. The van der Waals surface area contributed by atoms with E-state index in [0.717, 1.165) is 46.8 Å². The van der Waals surface area contributed by atoms with Gasteiger partial charge in [0, 0.05) is 71.9 Å². The van der Waals surface area contributed by atoms with E-state index in [-0.39, 0.29) is 15.7 Å². The van der Waals surface area contributed by atoms with Gasteiger partial charge in [-0.2, -0.15) is 21.4 Å². The third-order valence-electron chi connectivity index (χ3n) is 9.47. The molecule has 2 aliphatic rings. The molecule has 0 saturated carbocycles. The molecule has 0 aromatic heterocycles. The molecule has 0 radical (unpaired) electrons. The van der Waals surface area contributed by atoms with Gasteiger partial charge in [0.2, 0.25) is 11.6 Å². The van der Waals surface area contributed by atoms with Crippen molar-refractivity contribution in [3.8, 4) is 0 Å². The first-order valence-corrected chi connectivity index (χ1v) is 19.8. The molecule has 3 N–H and O–H groups in total. The summed E-state index contributed by atoms with van der Waals surface area (Å²) < 4.78 is 69.2. The molecule has 0 fully saturated rings. The molecule has 0 saturated heterocycles. The molecular formula is C36H47N6O7S2+. The Morgan fingerprint density at radius 1 is 0.922 bits per heavy atom. The summed E-state index contributed by atoms with van der Waals surface area (Å²) >= 11 is 0. The number of carbonyl (C=O) groups is 1. The molecule has 0 bridgehead atoms. The smallest absolute Gasteiger partial charge is 0.294 e. The second kappa shape index (κ2) is 16.0. The summed E-state index contributed by atoms with van der Waals surface area (Å²) in [5.74, 6) is -0.0481. The molecule has 4 rings (SSSR count). The molecule has 0 spiro atoms. The van der Waals surface area contributed by atoms with Gasteiger partial charge in [0.15, 0.2) is 5.71 Å². The maximum Gasteiger partial charge on any atom is 0.294 e. The van der Waals surface area contributed by atoms with Crippen LogP contribution in [-0.4, -0.2) is 68.3 Å². The van der Waals surface area contributed by atoms with E-state index in [1.54, 1.807) is 12.1 Å². The van der Waals surface area contributed by atoms with E-state index in [0.29, 0.717) is 45.4 Å². The van der Waals surface area contributed by atoms with Gasteiger partial charge in [-0.1, -0.05) is 37.2 Å². The van der Waals surface area contributed by atoms with Crippen molar-refractivity contribution in [1.82, 2.24) is 5.32 Å². The van der Waals surface area contributed by atoms with Crippen molar-refractivity contribution in [3.63, 3.8) is 0 Å². The number of likely N-dealkylation sites (N-methyl/N-ethyl adjacent to an activating group) is 1. The molecule has 15 heteroatoms. The summed E-state index contributed by atoms with van der Waals surface area (Å²) in [4.78, 5) is 16.7. The molecular weight excluding hydrogens is 693 g/mol. The average Bonchev–Trinajstić information content (AvgIpc) is 3.41. The predicted molar refractivity (Wildman–Crippen MR) is 198 cm³/mol. The number of fused-ring (bicyclic) bond motifs is 2. The second-order valence-corrected chi connectivity index (χ2v) is 16.4. The van der Waals surface area contributed by atoms with Gasteiger partial charge in [-0.15, -0.1) is 0 Å². The zero-order chi connectivity index (χ0) is 37.6. The van der Waals surface area contributed by atoms with Gasteiger partial charge in [-0.25, -0.2) is 0 Å². The molecule has 1 amide bonds. The number of anilines is 1. The molecule has 0 unspecified atom stereocenters. The number of rotatable bonds is 16. The maximum atomic E-state index is 12.2. The van der Waals surface area contributed by atoms with E-state index < -0.39 is 31.1 Å². The van der Waals surface area contributed by atoms with Crippen LogP contribution in [-0.2, 0) is 35.9 Å². The van der Waals surface area contributed by atoms with Crippen LogP contribution < -0.4 is 10.2 Å². The number of amides is 1. The first-order valence-electron chi connectivity index (χ1n) is 16.9. The van der Waals surface area contributed by atoms with E-state index in [9.17, 15) is 30.7 Å². The number of nitrogens with zero attached hydrogens (tertiary/aromatic N) is 5. The standard InChI is InChI=1S/C36H46N6O7S2/c1-6-41-30-19-17-26(50(44,45)46)24-28(30)35(2,3)32(41)14-9-7-10-15-33-36(4,5)29-25-27(51(47,48)49)18-20-31(29)42(33)23-12-8-11-16-34(43)38-21-13-22-39-40-37/h7,9-10,14-15,17-20,24-25H,6,8,11-13,16,21-23H2,1-5H3,(H2-,38,43,44,45,46,47,48,49)/p+1. The molecule has 0 aliphatic carbocycles. The zero-order valence-corrected chi connectivity index (χ0v) is 31.3. The van der Waals surface area contributed by atoms with Gasteiger partial charge in [0.1, 0.15) is 6.54 Å². The molecule has 2 aromatic rings. The van der Waals surface area contributed by atoms with Crippen LogP contribution in [0, 0.1) is 0 Å². The predicted octanol–water partition coefficient (Wildman–Crippen LogP) is 6.75. The van der Waals surface area contributed by atoms with Crippen molar-refractivity contribution in [1.29, 1.82) is 0 Å². The Hall–Kier alpha value is -4.27. The number of hydrogen-bond acceptors (Lipinski definition) is 7. The summed E-state index contributed by atoms with van der Waals surface area (Å²) in [7, 11) is -8.75. The molecule has 2 heterocycles. The number of unbranched alkanes of at least 4 members (excludes halogenated alkanes) is 2. The van der Waals surface area contributed by atoms with Crippen LogP contribution in [0.2, 0.25) is 0 Å². The number of allylic oxidation sites excluding steroid dienone is 6. The third-order valence-corrected chi connectivity index (χ3v) is 11.2. The van der Waals surface area contributed by atoms with Gasteiger partial charge < -0.3 is 10.2 Å². The van der Waals surface area contributed by atoms with Crippen LogP contribution in [0.1, 0.15) is 77.8 Å². The number of hydrogen-bond donors (Lipinski definition) is 3. The fourth-order valence-corrected chi connectivity index (χ4v) is 7.83. The topological polar surface area (TPSA) is 193 Å². The monoisotopic (exact) mass is 739 g/mol. The van der Waals surface area contributed by atoms with Gasteiger partial charge >= 0.3 is 0 Å². The Balaban J connectivity index is 1.54. The van der Waals surface area contributed by atoms with Crippen LogP contribution >= 0.6 is 0 Å². The third kappa shape index (κ3) is 8.97. The summed E-state index contributed by atoms with van der Waals surface area (Å²) in [5, 5.41) is 6.29. The highest BCUT2D eigenvalue weighted by Crippen LogP contribution is 2.48. The normalized spacial score (nSPS) is 17.3. The van der Waals surface area contributed by atoms with Crippen molar-refractivity contribution in [3.05, 3.63) is 94.0 Å². The Labute approximate surface area is 300 Å². The lowest BCUT2D eigenvalue weighted by molar-refractivity contribution is -0.438. The van der Waals surface area contributed by atoms with Crippen molar-refractivity contribution in [2.75, 3.05) is 31.1 Å². The lowest BCUT2D eigenvalue weighted by Crippen LogP contribution is -2.28. The molecule has 2 aliphatic heterocycles. The highest BCUT2D eigenvalue weighted by molar-refractivity contribution is 7.86. The number of benzene rings is 2. The zero-order valence-electron chi connectivity index (χ0n) is 29.7. The van der Waals surface area contributed by atoms with Crippen molar-refractivity contribution >= 4 is 43.2 Å². The van der Waals surface area contributed by atoms with Gasteiger partial charge in [-0.3, -0.25) is 13.9 Å². The van der Waals surface area contributed by atoms with Gasteiger partial charge in [0.05, 0.1) is 15.2 Å². The lowest BCUT2D eigenvalue weighted by atomic mass is 9.81. The van der Waals surface area contributed by atoms with Crippen molar-refractivity contribution in [2.24, 2.45) is 5.11 Å². The Morgan fingerprint density at radius 2 is 1.59 bits per heavy atom. The Morgan fingerprint density at radius 3 is 2.24 bits per heavy atom. The minimum Gasteiger partial charge on any atom is -0.356 e. The lowest BCUT2D eigenvalue weighted by Gasteiger charge is -2.25. The highest BCUT2D eigenvalue weighted by atomic mass is 32.2. The van der Waals surface area contributed by atoms with E-state index >= 15 is 0 Å². The van der Waals surface area contributed by atoms with E-state index in [2.05, 4.69) is 24.8 Å². The summed E-state index contributed by atoms with van der Waals surface area (Å²) in [6.45, 7) is 12.1. The van der Waals surface area contributed by atoms with E-state index in [1.807, 2.05) is 65.0 Å². The fraction of sp³-hybridized carbons (Fsp3) is 0.444. The maximum absolute atomic E-state index is 12.2. The largest absolute Gasteiger partial charge is 0.356 e. The van der Waals surface area contributed by atoms with Gasteiger partial charge in [0.25, 0.3) is 20.2 Å². The van der Waals surface area contributed by atoms with Crippen LogP contribution in [0.5, 0.6) is 0 Å². The SMILES string of the molecule is CCN1\C(=C/C=C/C=C\C2=[N+](CCCCCC(=O)NCCCN=[N+]=[N-])c3ccc(S(=O)(=O)O)cc3C2(C)C)C(C)(C)c2cc(S(=O)(=O)O)ccc21. The summed E-state index contributed by atoms with van der Waals surface area (Å²) in [5.41, 5.74) is 12.5. The number of carbonyl (C=O) groups excluding carboxylic acids is 1. The average molecular weight is 740 g/mol. The molecule has 0 atom stereocenters. The van der Waals surface area contributed by atoms with Crippen LogP contribution in [0.4, 0.5) is 11.4 Å². The summed E-state index contributed by atoms with van der Waals surface area (Å²) in [6, 6.07) is 9.31. The van der Waals surface area contributed by atoms with Gasteiger partial charge in [-0.05, 0) is 87.5 Å². The minimum absolute atomic E-state index is 0.0481.